The molecular formula is C24H18N4O2. The van der Waals surface area contributed by atoms with Crippen molar-refractivity contribution in [2.75, 3.05) is 29.6 Å². The normalized spacial score (nSPS) is 13.9. The minimum Gasteiger partial charge on any atom is -0.399 e. The molecule has 1 aliphatic rings. The van der Waals surface area contributed by atoms with Gasteiger partial charge in [0.1, 0.15) is 0 Å². The quantitative estimate of drug-likeness (QED) is 0.145. The smallest absolute Gasteiger partial charge is 0.171 e. The maximum absolute atomic E-state index is 12.7. The van der Waals surface area contributed by atoms with Crippen LogP contribution in [-0.2, 0) is 0 Å². The van der Waals surface area contributed by atoms with Crippen LogP contribution in [0.5, 0.6) is 0 Å². The first-order valence-corrected chi connectivity index (χ1v) is 9.70. The SMILES string of the molecule is CNc1cc(N)c2cc(N)cc3c4c(N)cc5c6c(ccc(c1c23)c64)C(=O)CC5=O. The van der Waals surface area contributed by atoms with Crippen molar-refractivity contribution >= 4 is 77.4 Å². The van der Waals surface area contributed by atoms with Crippen LogP contribution in [0.25, 0.3) is 43.1 Å². The summed E-state index contributed by atoms with van der Waals surface area (Å²) < 4.78 is 0. The van der Waals surface area contributed by atoms with Crippen molar-refractivity contribution in [2.24, 2.45) is 0 Å². The largest absolute Gasteiger partial charge is 0.399 e. The zero-order valence-electron chi connectivity index (χ0n) is 16.2. The van der Waals surface area contributed by atoms with Crippen molar-refractivity contribution in [3.63, 3.8) is 0 Å². The van der Waals surface area contributed by atoms with E-state index >= 15 is 0 Å². The summed E-state index contributed by atoms with van der Waals surface area (Å²) in [7, 11) is 1.84. The van der Waals surface area contributed by atoms with Crippen molar-refractivity contribution in [1.29, 1.82) is 0 Å². The highest BCUT2D eigenvalue weighted by Gasteiger charge is 2.29. The van der Waals surface area contributed by atoms with Crippen LogP contribution < -0.4 is 22.5 Å². The maximum Gasteiger partial charge on any atom is 0.171 e. The monoisotopic (exact) mass is 394 g/mol. The molecule has 0 saturated heterocycles. The summed E-state index contributed by atoms with van der Waals surface area (Å²) in [6.45, 7) is 0. The highest BCUT2D eigenvalue weighted by Crippen LogP contribution is 2.49. The molecule has 0 aromatic heterocycles. The predicted molar refractivity (Wildman–Crippen MR) is 124 cm³/mol. The van der Waals surface area contributed by atoms with Crippen molar-refractivity contribution in [1.82, 2.24) is 0 Å². The molecule has 0 aliphatic heterocycles. The van der Waals surface area contributed by atoms with Crippen LogP contribution in [-0.4, -0.2) is 18.6 Å². The van der Waals surface area contributed by atoms with Crippen molar-refractivity contribution < 1.29 is 9.59 Å². The number of nitrogens with one attached hydrogen (secondary N) is 1. The van der Waals surface area contributed by atoms with Gasteiger partial charge >= 0.3 is 0 Å². The number of carbonyl (C=O) groups is 2. The van der Waals surface area contributed by atoms with Gasteiger partial charge in [-0.2, -0.15) is 0 Å². The summed E-state index contributed by atoms with van der Waals surface area (Å²) in [6.07, 6.45) is -0.127. The molecule has 0 atom stereocenters. The van der Waals surface area contributed by atoms with Crippen LogP contribution in [0, 0.1) is 0 Å². The van der Waals surface area contributed by atoms with Gasteiger partial charge in [-0.25, -0.2) is 0 Å². The highest BCUT2D eigenvalue weighted by atomic mass is 16.1. The van der Waals surface area contributed by atoms with Gasteiger partial charge in [-0.05, 0) is 35.0 Å². The molecule has 0 fully saturated rings. The van der Waals surface area contributed by atoms with Gasteiger partial charge in [-0.3, -0.25) is 9.59 Å². The van der Waals surface area contributed by atoms with Crippen LogP contribution >= 0.6 is 0 Å². The molecular weight excluding hydrogens is 376 g/mol. The zero-order valence-corrected chi connectivity index (χ0v) is 16.2. The lowest BCUT2D eigenvalue weighted by atomic mass is 9.80. The number of nitrogen functional groups attached to an aromatic ring is 3. The molecule has 0 unspecified atom stereocenters. The van der Waals surface area contributed by atoms with Crippen LogP contribution in [0.1, 0.15) is 27.1 Å². The fourth-order valence-corrected chi connectivity index (χ4v) is 5.15. The molecule has 0 spiro atoms. The van der Waals surface area contributed by atoms with Gasteiger partial charge < -0.3 is 22.5 Å². The number of nitrogens with two attached hydrogens (primary N) is 3. The van der Waals surface area contributed by atoms with E-state index in [1.54, 1.807) is 6.07 Å². The Morgan fingerprint density at radius 1 is 0.700 bits per heavy atom. The molecule has 0 amide bonds. The van der Waals surface area contributed by atoms with E-state index in [1.807, 2.05) is 37.4 Å². The van der Waals surface area contributed by atoms with Gasteiger partial charge in [0.15, 0.2) is 11.6 Å². The number of hydrogen-bond acceptors (Lipinski definition) is 6. The number of carbonyl (C=O) groups excluding carboxylic acids is 2. The lowest BCUT2D eigenvalue weighted by Gasteiger charge is -2.23. The van der Waals surface area contributed by atoms with Crippen molar-refractivity contribution in [3.8, 4) is 0 Å². The number of rotatable bonds is 1. The van der Waals surface area contributed by atoms with E-state index in [1.165, 1.54) is 0 Å². The van der Waals surface area contributed by atoms with Crippen LogP contribution in [0.15, 0.2) is 36.4 Å². The minimum atomic E-state index is -0.197. The molecule has 0 saturated carbocycles. The summed E-state index contributed by atoms with van der Waals surface area (Å²) in [4.78, 5) is 25.3. The van der Waals surface area contributed by atoms with Crippen molar-refractivity contribution in [3.05, 3.63) is 47.5 Å². The van der Waals surface area contributed by atoms with Gasteiger partial charge in [0.05, 0.1) is 6.42 Å². The Morgan fingerprint density at radius 3 is 2.20 bits per heavy atom. The van der Waals surface area contributed by atoms with Gasteiger partial charge in [0.25, 0.3) is 0 Å². The Bertz CT molecular complexity index is 1620. The molecule has 146 valence electrons. The van der Waals surface area contributed by atoms with E-state index < -0.39 is 0 Å². The second-order valence-corrected chi connectivity index (χ2v) is 7.95. The van der Waals surface area contributed by atoms with Gasteiger partial charge in [0, 0.05) is 73.2 Å². The topological polar surface area (TPSA) is 124 Å². The third kappa shape index (κ3) is 1.83. The number of ketones is 2. The van der Waals surface area contributed by atoms with E-state index in [4.69, 9.17) is 17.2 Å². The average Bonchev–Trinajstić information content (AvgIpc) is 2.71. The number of fused-ring (bicyclic) bond motifs is 2. The first-order valence-electron chi connectivity index (χ1n) is 9.70. The number of hydrogen-bond donors (Lipinski definition) is 4. The van der Waals surface area contributed by atoms with Crippen LogP contribution in [0.2, 0.25) is 0 Å². The lowest BCUT2D eigenvalue weighted by Crippen LogP contribution is -2.17. The Kier molecular flexibility index (Phi) is 2.98. The summed E-state index contributed by atoms with van der Waals surface area (Å²) in [5.41, 5.74) is 22.7. The second-order valence-electron chi connectivity index (χ2n) is 7.95. The molecule has 6 heteroatoms. The van der Waals surface area contributed by atoms with Crippen molar-refractivity contribution in [2.45, 2.75) is 6.42 Å². The third-order valence-electron chi connectivity index (χ3n) is 6.33. The first-order chi connectivity index (χ1) is 14.4. The first kappa shape index (κ1) is 16.9. The zero-order chi connectivity index (χ0) is 20.9. The Labute approximate surface area is 170 Å². The fraction of sp³-hybridized carbons (Fsp3) is 0.0833. The minimum absolute atomic E-state index is 0.127. The van der Waals surface area contributed by atoms with Gasteiger partial charge in [-0.1, -0.05) is 12.1 Å². The van der Waals surface area contributed by atoms with E-state index in [2.05, 4.69) is 5.32 Å². The summed E-state index contributed by atoms with van der Waals surface area (Å²) >= 11 is 0. The van der Waals surface area contributed by atoms with E-state index in [9.17, 15) is 9.59 Å². The van der Waals surface area contributed by atoms with Crippen LogP contribution in [0.4, 0.5) is 22.7 Å². The Morgan fingerprint density at radius 2 is 1.43 bits per heavy atom. The van der Waals surface area contributed by atoms with Crippen LogP contribution in [0.3, 0.4) is 0 Å². The molecule has 6 rings (SSSR count). The van der Waals surface area contributed by atoms with E-state index in [0.29, 0.717) is 33.6 Å². The summed E-state index contributed by atoms with van der Waals surface area (Å²) in [5.74, 6) is -0.359. The molecule has 5 aromatic carbocycles. The Balaban J connectivity index is 2.06. The van der Waals surface area contributed by atoms with E-state index in [-0.39, 0.29) is 18.0 Å². The molecule has 0 heterocycles. The predicted octanol–water partition coefficient (Wildman–Crippen LogP) is 4.29. The molecule has 0 bridgehead atoms. The summed E-state index contributed by atoms with van der Waals surface area (Å²) in [6, 6.07) is 11.1. The standard InChI is InChI=1S/C24H18N4O2/c1-28-17-7-15(26)12-4-9(25)5-14-21(12)23(17)11-3-2-10-18(29)8-19(30)13-6-16(27)22(14)24(11)20(10)13/h2-7,28H,8,25-27H2,1H3. The third-order valence-corrected chi connectivity index (χ3v) is 6.33. The number of anilines is 4. The molecule has 5 aromatic rings. The maximum atomic E-state index is 12.7. The van der Waals surface area contributed by atoms with Gasteiger partial charge in [-0.15, -0.1) is 0 Å². The lowest BCUT2D eigenvalue weighted by molar-refractivity contribution is 0.0890. The van der Waals surface area contributed by atoms with Gasteiger partial charge in [0.2, 0.25) is 0 Å². The molecule has 0 radical (unpaired) electrons. The summed E-state index contributed by atoms with van der Waals surface area (Å²) in [5, 5.41) is 10.1. The average molecular weight is 394 g/mol. The number of Topliss-reactive ketones (excluding diaryl/α,β-unsaturated/α-hetero) is 2. The molecule has 1 aliphatic carbocycles. The second kappa shape index (κ2) is 5.30. The van der Waals surface area contributed by atoms with E-state index in [0.717, 1.165) is 43.4 Å². The fourth-order valence-electron chi connectivity index (χ4n) is 5.15. The molecule has 7 N–H and O–H groups in total. The number of benzene rings is 5. The highest BCUT2D eigenvalue weighted by molar-refractivity contribution is 6.42. The molecule has 30 heavy (non-hydrogen) atoms. The molecule has 6 nitrogen and oxygen atoms in total. The Hall–Kier alpha value is -4.06.